The summed E-state index contributed by atoms with van der Waals surface area (Å²) in [6, 6.07) is 12.6. The zero-order chi connectivity index (χ0) is 22.7. The Bertz CT molecular complexity index is 1090. The number of carbonyl (C=O) groups excluding carboxylic acids is 1. The predicted octanol–water partition coefficient (Wildman–Crippen LogP) is 4.07. The molecule has 0 aliphatic carbocycles. The fourth-order valence-corrected chi connectivity index (χ4v) is 3.92. The molecule has 0 bridgehead atoms. The minimum absolute atomic E-state index is 0.0709. The Morgan fingerprint density at radius 1 is 1.06 bits per heavy atom. The van der Waals surface area contributed by atoms with Gasteiger partial charge in [0.2, 0.25) is 11.9 Å². The van der Waals surface area contributed by atoms with Crippen LogP contribution in [0.15, 0.2) is 53.7 Å². The molecule has 1 aromatic heterocycles. The summed E-state index contributed by atoms with van der Waals surface area (Å²) < 4.78 is 47.6. The molecule has 1 amide bonds. The van der Waals surface area contributed by atoms with E-state index in [0.717, 1.165) is 30.1 Å². The molecule has 0 saturated carbocycles. The number of halogens is 3. The Morgan fingerprint density at radius 2 is 1.75 bits per heavy atom. The van der Waals surface area contributed by atoms with Crippen LogP contribution in [0.3, 0.4) is 0 Å². The number of fused-ring (bicyclic) bond motifs is 1. The first-order chi connectivity index (χ1) is 15.3. The van der Waals surface area contributed by atoms with E-state index in [0.29, 0.717) is 23.3 Å². The molecule has 12 heteroatoms. The lowest BCUT2D eigenvalue weighted by atomic mass is 10.3. The number of amides is 1. The smallest absolute Gasteiger partial charge is 0.497 e. The van der Waals surface area contributed by atoms with Gasteiger partial charge in [0.15, 0.2) is 5.16 Å². The van der Waals surface area contributed by atoms with Crippen molar-refractivity contribution >= 4 is 35.0 Å². The summed E-state index contributed by atoms with van der Waals surface area (Å²) in [5, 5.41) is 11.7. The number of alkyl halides is 3. The van der Waals surface area contributed by atoms with Crippen molar-refractivity contribution in [1.29, 1.82) is 0 Å². The standard InChI is InChI=1S/C20H18F3N5O3S/c1-30-15-8-4-14(5-9-15)27-10-11-28-18(27)25-26-19(28)32-12-17(29)24-13-2-6-16(7-3-13)31-20(21,22)23/h2-9H,10-12H2,1H3,(H,24,29). The largest absolute Gasteiger partial charge is 0.573 e. The molecule has 0 radical (unpaired) electrons. The van der Waals surface area contributed by atoms with Crippen LogP contribution in [0.1, 0.15) is 0 Å². The fraction of sp³-hybridized carbons (Fsp3) is 0.250. The molecule has 0 spiro atoms. The van der Waals surface area contributed by atoms with Gasteiger partial charge in [-0.2, -0.15) is 0 Å². The lowest BCUT2D eigenvalue weighted by Crippen LogP contribution is -2.17. The molecule has 0 unspecified atom stereocenters. The number of aromatic nitrogens is 3. The third kappa shape index (κ3) is 5.07. The van der Waals surface area contributed by atoms with Gasteiger partial charge < -0.3 is 19.7 Å². The Labute approximate surface area is 185 Å². The van der Waals surface area contributed by atoms with Crippen molar-refractivity contribution in [1.82, 2.24) is 14.8 Å². The van der Waals surface area contributed by atoms with E-state index in [1.54, 1.807) is 7.11 Å². The lowest BCUT2D eigenvalue weighted by Gasteiger charge is -2.15. The van der Waals surface area contributed by atoms with E-state index >= 15 is 0 Å². The van der Waals surface area contributed by atoms with E-state index in [-0.39, 0.29) is 17.4 Å². The van der Waals surface area contributed by atoms with Crippen LogP contribution < -0.4 is 19.7 Å². The number of carbonyl (C=O) groups is 1. The van der Waals surface area contributed by atoms with E-state index in [1.807, 2.05) is 33.7 Å². The Kier molecular flexibility index (Phi) is 6.12. The first-order valence-corrected chi connectivity index (χ1v) is 10.4. The Hall–Kier alpha value is -3.41. The van der Waals surface area contributed by atoms with Crippen LogP contribution in [0, 0.1) is 0 Å². The van der Waals surface area contributed by atoms with Crippen LogP contribution in [0.25, 0.3) is 0 Å². The first kappa shape index (κ1) is 21.8. The normalized spacial score (nSPS) is 13.1. The van der Waals surface area contributed by atoms with Gasteiger partial charge in [-0.1, -0.05) is 11.8 Å². The van der Waals surface area contributed by atoms with Crippen LogP contribution in [0.4, 0.5) is 30.5 Å². The molecule has 4 rings (SSSR count). The molecule has 168 valence electrons. The SMILES string of the molecule is COc1ccc(N2CCn3c(SCC(=O)Nc4ccc(OC(F)(F)F)cc4)nnc32)cc1. The van der Waals surface area contributed by atoms with Crippen LogP contribution in [-0.4, -0.2) is 46.4 Å². The second kappa shape index (κ2) is 8.99. The number of benzene rings is 2. The number of anilines is 3. The average Bonchev–Trinajstić information content (AvgIpc) is 3.35. The number of ether oxygens (including phenoxy) is 2. The third-order valence-electron chi connectivity index (χ3n) is 4.57. The number of nitrogens with zero attached hydrogens (tertiary/aromatic N) is 4. The Balaban J connectivity index is 1.33. The summed E-state index contributed by atoms with van der Waals surface area (Å²) in [5.41, 5.74) is 1.33. The Morgan fingerprint density at radius 3 is 2.41 bits per heavy atom. The summed E-state index contributed by atoms with van der Waals surface area (Å²) in [6.45, 7) is 1.41. The van der Waals surface area contributed by atoms with Crippen molar-refractivity contribution in [2.75, 3.05) is 29.6 Å². The summed E-state index contributed by atoms with van der Waals surface area (Å²) in [6.07, 6.45) is -4.76. The molecule has 1 N–H and O–H groups in total. The predicted molar refractivity (Wildman–Crippen MR) is 113 cm³/mol. The molecule has 1 aliphatic heterocycles. The molecule has 3 aromatic rings. The molecular weight excluding hydrogens is 447 g/mol. The minimum atomic E-state index is -4.76. The highest BCUT2D eigenvalue weighted by atomic mass is 32.2. The van der Waals surface area contributed by atoms with Crippen molar-refractivity contribution in [3.63, 3.8) is 0 Å². The first-order valence-electron chi connectivity index (χ1n) is 9.45. The van der Waals surface area contributed by atoms with Gasteiger partial charge in [0.05, 0.1) is 12.9 Å². The third-order valence-corrected chi connectivity index (χ3v) is 5.54. The van der Waals surface area contributed by atoms with E-state index in [2.05, 4.69) is 20.3 Å². The molecule has 1 aliphatic rings. The van der Waals surface area contributed by atoms with Crippen LogP contribution >= 0.6 is 11.8 Å². The van der Waals surface area contributed by atoms with Crippen molar-refractivity contribution < 1.29 is 27.4 Å². The zero-order valence-corrected chi connectivity index (χ0v) is 17.6. The zero-order valence-electron chi connectivity index (χ0n) is 16.8. The molecule has 32 heavy (non-hydrogen) atoms. The van der Waals surface area contributed by atoms with E-state index < -0.39 is 6.36 Å². The van der Waals surface area contributed by atoms with E-state index in [4.69, 9.17) is 4.74 Å². The van der Waals surface area contributed by atoms with Gasteiger partial charge in [0, 0.05) is 24.5 Å². The van der Waals surface area contributed by atoms with Gasteiger partial charge in [-0.05, 0) is 48.5 Å². The molecule has 0 fully saturated rings. The topological polar surface area (TPSA) is 81.5 Å². The second-order valence-corrected chi connectivity index (χ2v) is 7.64. The number of rotatable bonds is 7. The van der Waals surface area contributed by atoms with Gasteiger partial charge in [0.25, 0.3) is 0 Å². The van der Waals surface area contributed by atoms with Gasteiger partial charge in [-0.25, -0.2) is 0 Å². The number of nitrogens with one attached hydrogen (secondary N) is 1. The van der Waals surface area contributed by atoms with Crippen LogP contribution in [0.5, 0.6) is 11.5 Å². The summed E-state index contributed by atoms with van der Waals surface area (Å²) in [7, 11) is 1.61. The molecule has 2 heterocycles. The molecule has 0 atom stereocenters. The molecule has 8 nitrogen and oxygen atoms in total. The van der Waals surface area contributed by atoms with Gasteiger partial charge in [-0.15, -0.1) is 23.4 Å². The monoisotopic (exact) mass is 465 g/mol. The van der Waals surface area contributed by atoms with Crippen LogP contribution in [0.2, 0.25) is 0 Å². The van der Waals surface area contributed by atoms with E-state index in [1.165, 1.54) is 23.9 Å². The number of methoxy groups -OCH3 is 1. The highest BCUT2D eigenvalue weighted by Crippen LogP contribution is 2.33. The summed E-state index contributed by atoms with van der Waals surface area (Å²) in [5.74, 6) is 0.853. The van der Waals surface area contributed by atoms with Crippen molar-refractivity contribution in [2.24, 2.45) is 0 Å². The molecule has 0 saturated heterocycles. The number of hydrogen-bond donors (Lipinski definition) is 1. The van der Waals surface area contributed by atoms with Gasteiger partial charge >= 0.3 is 6.36 Å². The van der Waals surface area contributed by atoms with Gasteiger partial charge in [-0.3, -0.25) is 9.36 Å². The van der Waals surface area contributed by atoms with Gasteiger partial charge in [0.1, 0.15) is 11.5 Å². The maximum Gasteiger partial charge on any atom is 0.573 e. The minimum Gasteiger partial charge on any atom is -0.497 e. The molecular formula is C20H18F3N5O3S. The van der Waals surface area contributed by atoms with E-state index in [9.17, 15) is 18.0 Å². The highest BCUT2D eigenvalue weighted by Gasteiger charge is 2.31. The molecule has 2 aromatic carbocycles. The fourth-order valence-electron chi connectivity index (χ4n) is 3.16. The maximum absolute atomic E-state index is 12.2. The highest BCUT2D eigenvalue weighted by molar-refractivity contribution is 7.99. The quantitative estimate of drug-likeness (QED) is 0.527. The van der Waals surface area contributed by atoms with Crippen molar-refractivity contribution in [3.8, 4) is 11.5 Å². The number of hydrogen-bond acceptors (Lipinski definition) is 7. The van der Waals surface area contributed by atoms with Crippen molar-refractivity contribution in [2.45, 2.75) is 18.1 Å². The van der Waals surface area contributed by atoms with Crippen LogP contribution in [-0.2, 0) is 11.3 Å². The number of thioether (sulfide) groups is 1. The summed E-state index contributed by atoms with van der Waals surface area (Å²) >= 11 is 1.23. The summed E-state index contributed by atoms with van der Waals surface area (Å²) in [4.78, 5) is 14.3. The second-order valence-electron chi connectivity index (χ2n) is 6.69. The van der Waals surface area contributed by atoms with Crippen molar-refractivity contribution in [3.05, 3.63) is 48.5 Å². The lowest BCUT2D eigenvalue weighted by molar-refractivity contribution is -0.274. The maximum atomic E-state index is 12.2. The average molecular weight is 465 g/mol.